The SMILES string of the molecule is CC[C@H](C)NC(=S)NCc1ccc2c(c1)OCO2. The molecule has 4 nitrogen and oxygen atoms in total. The quantitative estimate of drug-likeness (QED) is 0.818. The highest BCUT2D eigenvalue weighted by Crippen LogP contribution is 2.32. The second-order valence-corrected chi connectivity index (χ2v) is 4.73. The van der Waals surface area contributed by atoms with Crippen molar-refractivity contribution in [3.05, 3.63) is 23.8 Å². The van der Waals surface area contributed by atoms with Gasteiger partial charge < -0.3 is 20.1 Å². The lowest BCUT2D eigenvalue weighted by Gasteiger charge is -2.15. The van der Waals surface area contributed by atoms with E-state index in [1.165, 1.54) is 0 Å². The van der Waals surface area contributed by atoms with Crippen LogP contribution in [-0.2, 0) is 6.54 Å². The molecule has 0 saturated heterocycles. The van der Waals surface area contributed by atoms with Crippen LogP contribution in [0.4, 0.5) is 0 Å². The molecule has 1 aromatic carbocycles. The van der Waals surface area contributed by atoms with Gasteiger partial charge in [0.1, 0.15) is 0 Å². The molecular formula is C13H18N2O2S. The summed E-state index contributed by atoms with van der Waals surface area (Å²) in [4.78, 5) is 0. The summed E-state index contributed by atoms with van der Waals surface area (Å²) in [6.07, 6.45) is 1.05. The summed E-state index contributed by atoms with van der Waals surface area (Å²) >= 11 is 5.22. The molecule has 1 aliphatic heterocycles. The van der Waals surface area contributed by atoms with E-state index in [0.29, 0.717) is 24.5 Å². The maximum absolute atomic E-state index is 5.33. The summed E-state index contributed by atoms with van der Waals surface area (Å²) in [6, 6.07) is 6.29. The second-order valence-electron chi connectivity index (χ2n) is 4.32. The van der Waals surface area contributed by atoms with Crippen molar-refractivity contribution in [2.75, 3.05) is 6.79 Å². The van der Waals surface area contributed by atoms with Crippen molar-refractivity contribution in [1.82, 2.24) is 10.6 Å². The molecule has 0 saturated carbocycles. The van der Waals surface area contributed by atoms with Crippen LogP contribution in [0, 0.1) is 0 Å². The lowest BCUT2D eigenvalue weighted by molar-refractivity contribution is 0.174. The van der Waals surface area contributed by atoms with Gasteiger partial charge in [0, 0.05) is 12.6 Å². The standard InChI is InChI=1S/C13H18N2O2S/c1-3-9(2)15-13(18)14-7-10-4-5-11-12(6-10)17-8-16-11/h4-6,9H,3,7-8H2,1-2H3,(H2,14,15,18)/t9-/m0/s1. The number of hydrogen-bond donors (Lipinski definition) is 2. The minimum absolute atomic E-state index is 0.306. The smallest absolute Gasteiger partial charge is 0.231 e. The van der Waals surface area contributed by atoms with Gasteiger partial charge in [-0.05, 0) is 43.3 Å². The molecule has 2 rings (SSSR count). The van der Waals surface area contributed by atoms with Crippen molar-refractivity contribution in [2.24, 2.45) is 0 Å². The van der Waals surface area contributed by atoms with E-state index in [2.05, 4.69) is 24.5 Å². The zero-order valence-corrected chi connectivity index (χ0v) is 11.5. The van der Waals surface area contributed by atoms with E-state index in [9.17, 15) is 0 Å². The van der Waals surface area contributed by atoms with Crippen molar-refractivity contribution in [3.63, 3.8) is 0 Å². The molecule has 0 unspecified atom stereocenters. The third kappa shape index (κ3) is 3.26. The van der Waals surface area contributed by atoms with Crippen LogP contribution in [0.25, 0.3) is 0 Å². The van der Waals surface area contributed by atoms with Gasteiger partial charge in [0.25, 0.3) is 0 Å². The number of ether oxygens (including phenoxy) is 2. The van der Waals surface area contributed by atoms with Gasteiger partial charge in [0.15, 0.2) is 16.6 Å². The molecular weight excluding hydrogens is 248 g/mol. The molecule has 5 heteroatoms. The first-order valence-electron chi connectivity index (χ1n) is 6.12. The summed E-state index contributed by atoms with van der Waals surface area (Å²) in [5.41, 5.74) is 1.12. The van der Waals surface area contributed by atoms with E-state index < -0.39 is 0 Å². The van der Waals surface area contributed by atoms with Gasteiger partial charge in [0.2, 0.25) is 6.79 Å². The molecule has 0 radical (unpaired) electrons. The van der Waals surface area contributed by atoms with Crippen molar-refractivity contribution >= 4 is 17.3 Å². The van der Waals surface area contributed by atoms with Crippen molar-refractivity contribution in [1.29, 1.82) is 0 Å². The Morgan fingerprint density at radius 2 is 2.17 bits per heavy atom. The maximum Gasteiger partial charge on any atom is 0.231 e. The summed E-state index contributed by atoms with van der Waals surface area (Å²) in [5.74, 6) is 1.61. The van der Waals surface area contributed by atoms with Gasteiger partial charge >= 0.3 is 0 Å². The lowest BCUT2D eigenvalue weighted by atomic mass is 10.2. The number of nitrogens with one attached hydrogen (secondary N) is 2. The number of hydrogen-bond acceptors (Lipinski definition) is 3. The van der Waals surface area contributed by atoms with Gasteiger partial charge in [-0.15, -0.1) is 0 Å². The fourth-order valence-electron chi connectivity index (χ4n) is 1.61. The van der Waals surface area contributed by atoms with Gasteiger partial charge in [-0.2, -0.15) is 0 Å². The lowest BCUT2D eigenvalue weighted by Crippen LogP contribution is -2.39. The predicted molar refractivity (Wildman–Crippen MR) is 74.9 cm³/mol. The monoisotopic (exact) mass is 266 g/mol. The second kappa shape index (κ2) is 5.91. The summed E-state index contributed by atoms with van der Waals surface area (Å²) in [7, 11) is 0. The van der Waals surface area contributed by atoms with Crippen LogP contribution in [0.3, 0.4) is 0 Å². The third-order valence-corrected chi connectivity index (χ3v) is 3.14. The maximum atomic E-state index is 5.33. The first-order valence-corrected chi connectivity index (χ1v) is 6.52. The minimum Gasteiger partial charge on any atom is -0.454 e. The van der Waals surface area contributed by atoms with Gasteiger partial charge in [0.05, 0.1) is 0 Å². The van der Waals surface area contributed by atoms with E-state index in [-0.39, 0.29) is 0 Å². The van der Waals surface area contributed by atoms with E-state index in [1.54, 1.807) is 0 Å². The first kappa shape index (κ1) is 13.0. The highest BCUT2D eigenvalue weighted by Gasteiger charge is 2.13. The van der Waals surface area contributed by atoms with Gasteiger partial charge in [-0.25, -0.2) is 0 Å². The van der Waals surface area contributed by atoms with E-state index in [4.69, 9.17) is 21.7 Å². The number of rotatable bonds is 4. The number of fused-ring (bicyclic) bond motifs is 1. The topological polar surface area (TPSA) is 42.5 Å². The average molecular weight is 266 g/mol. The fourth-order valence-corrected chi connectivity index (χ4v) is 1.88. The number of benzene rings is 1. The Morgan fingerprint density at radius 1 is 1.39 bits per heavy atom. The molecule has 1 heterocycles. The van der Waals surface area contributed by atoms with E-state index in [0.717, 1.165) is 23.5 Å². The first-order chi connectivity index (χ1) is 8.69. The van der Waals surface area contributed by atoms with Crippen LogP contribution >= 0.6 is 12.2 Å². The van der Waals surface area contributed by atoms with E-state index >= 15 is 0 Å². The third-order valence-electron chi connectivity index (χ3n) is 2.88. The highest BCUT2D eigenvalue weighted by molar-refractivity contribution is 7.80. The molecule has 1 aliphatic rings. The molecule has 18 heavy (non-hydrogen) atoms. The van der Waals surface area contributed by atoms with E-state index in [1.807, 2.05) is 18.2 Å². The largest absolute Gasteiger partial charge is 0.454 e. The normalized spacial score (nSPS) is 14.1. The Morgan fingerprint density at radius 3 is 2.94 bits per heavy atom. The van der Waals surface area contributed by atoms with Crippen LogP contribution in [0.5, 0.6) is 11.5 Å². The summed E-state index contributed by atoms with van der Waals surface area (Å²) in [5, 5.41) is 7.08. The summed E-state index contributed by atoms with van der Waals surface area (Å²) in [6.45, 7) is 5.21. The molecule has 0 spiro atoms. The predicted octanol–water partition coefficient (Wildman–Crippen LogP) is 2.18. The van der Waals surface area contributed by atoms with Gasteiger partial charge in [-0.1, -0.05) is 13.0 Å². The zero-order valence-electron chi connectivity index (χ0n) is 10.7. The average Bonchev–Trinajstić information content (AvgIpc) is 2.83. The summed E-state index contributed by atoms with van der Waals surface area (Å²) < 4.78 is 10.6. The Labute approximate surface area is 113 Å². The highest BCUT2D eigenvalue weighted by atomic mass is 32.1. The van der Waals surface area contributed by atoms with Crippen LogP contribution in [0.15, 0.2) is 18.2 Å². The fraction of sp³-hybridized carbons (Fsp3) is 0.462. The molecule has 0 bridgehead atoms. The molecule has 2 N–H and O–H groups in total. The van der Waals surface area contributed by atoms with Crippen LogP contribution in [0.1, 0.15) is 25.8 Å². The molecule has 0 amide bonds. The molecule has 0 aliphatic carbocycles. The Kier molecular flexibility index (Phi) is 4.25. The van der Waals surface area contributed by atoms with Crippen molar-refractivity contribution in [2.45, 2.75) is 32.9 Å². The minimum atomic E-state index is 0.306. The van der Waals surface area contributed by atoms with Crippen LogP contribution in [0.2, 0.25) is 0 Å². The zero-order chi connectivity index (χ0) is 13.0. The van der Waals surface area contributed by atoms with Gasteiger partial charge in [-0.3, -0.25) is 0 Å². The molecule has 0 aromatic heterocycles. The molecule has 98 valence electrons. The number of thiocarbonyl (C=S) groups is 1. The Hall–Kier alpha value is -1.49. The van der Waals surface area contributed by atoms with Crippen LogP contribution < -0.4 is 20.1 Å². The Balaban J connectivity index is 1.85. The van der Waals surface area contributed by atoms with Crippen molar-refractivity contribution < 1.29 is 9.47 Å². The molecule has 1 atom stereocenters. The molecule has 1 aromatic rings. The van der Waals surface area contributed by atoms with Crippen LogP contribution in [-0.4, -0.2) is 17.9 Å². The Bertz CT molecular complexity index is 437. The van der Waals surface area contributed by atoms with Crippen molar-refractivity contribution in [3.8, 4) is 11.5 Å². The molecule has 0 fully saturated rings.